The predicted octanol–water partition coefficient (Wildman–Crippen LogP) is 2.44. The molecule has 2 rings (SSSR count). The van der Waals surface area contributed by atoms with E-state index in [0.29, 0.717) is 12.5 Å². The Morgan fingerprint density at radius 3 is 2.62 bits per heavy atom. The van der Waals surface area contributed by atoms with E-state index < -0.39 is 15.8 Å². The van der Waals surface area contributed by atoms with Gasteiger partial charge in [0.25, 0.3) is 0 Å². The molecule has 1 aliphatic heterocycles. The van der Waals surface area contributed by atoms with Gasteiger partial charge >= 0.3 is 0 Å². The summed E-state index contributed by atoms with van der Waals surface area (Å²) in [6.45, 7) is 5.43. The minimum Gasteiger partial charge on any atom is -0.392 e. The van der Waals surface area contributed by atoms with Gasteiger partial charge in [-0.3, -0.25) is 0 Å². The lowest BCUT2D eigenvalue weighted by molar-refractivity contribution is 0.218. The second-order valence-electron chi connectivity index (χ2n) is 5.97. The number of hydrogen-bond donors (Lipinski definition) is 1. The molecule has 4 nitrogen and oxygen atoms in total. The molecular weight excluding hydrogens is 293 g/mol. The van der Waals surface area contributed by atoms with Crippen LogP contribution in [0.1, 0.15) is 37.8 Å². The maximum absolute atomic E-state index is 13.9. The number of hydrogen-bond acceptors (Lipinski definition) is 3. The van der Waals surface area contributed by atoms with E-state index in [2.05, 4.69) is 0 Å². The zero-order valence-corrected chi connectivity index (χ0v) is 13.5. The molecule has 1 fully saturated rings. The highest BCUT2D eigenvalue weighted by atomic mass is 32.2. The molecule has 6 heteroatoms. The fourth-order valence-electron chi connectivity index (χ4n) is 2.78. The number of sulfonamides is 1. The largest absolute Gasteiger partial charge is 0.392 e. The van der Waals surface area contributed by atoms with Gasteiger partial charge in [0, 0.05) is 18.2 Å². The summed E-state index contributed by atoms with van der Waals surface area (Å²) < 4.78 is 41.1. The molecule has 1 N–H and O–H groups in total. The molecule has 0 bridgehead atoms. The summed E-state index contributed by atoms with van der Waals surface area (Å²) in [6.07, 6.45) is 1.80. The molecule has 1 saturated heterocycles. The van der Waals surface area contributed by atoms with E-state index in [9.17, 15) is 17.9 Å². The number of rotatable bonds is 3. The number of aliphatic hydroxyl groups is 1. The third kappa shape index (κ3) is 3.12. The van der Waals surface area contributed by atoms with Crippen molar-refractivity contribution in [2.24, 2.45) is 5.92 Å². The van der Waals surface area contributed by atoms with Crippen molar-refractivity contribution >= 4 is 10.0 Å². The highest BCUT2D eigenvalue weighted by Crippen LogP contribution is 2.30. The van der Waals surface area contributed by atoms with Crippen molar-refractivity contribution in [2.45, 2.75) is 51.2 Å². The first kappa shape index (κ1) is 16.4. The Hall–Kier alpha value is -0.980. The minimum absolute atomic E-state index is 0.0347. The normalized spacial score (nSPS) is 24.2. The van der Waals surface area contributed by atoms with Gasteiger partial charge in [-0.2, -0.15) is 4.31 Å². The second-order valence-corrected chi connectivity index (χ2v) is 7.82. The van der Waals surface area contributed by atoms with Crippen LogP contribution in [0.2, 0.25) is 0 Å². The number of halogens is 1. The number of piperidine rings is 1. The van der Waals surface area contributed by atoms with E-state index in [1.807, 2.05) is 13.8 Å². The summed E-state index contributed by atoms with van der Waals surface area (Å²) in [4.78, 5) is -0.0347. The van der Waals surface area contributed by atoms with E-state index in [4.69, 9.17) is 0 Å². The summed E-state index contributed by atoms with van der Waals surface area (Å²) in [5, 5.41) is 9.17. The maximum atomic E-state index is 13.9. The van der Waals surface area contributed by atoms with Crippen molar-refractivity contribution < 1.29 is 17.9 Å². The lowest BCUT2D eigenvalue weighted by atomic mass is 9.97. The van der Waals surface area contributed by atoms with Crippen LogP contribution in [0.25, 0.3) is 0 Å². The maximum Gasteiger partial charge on any atom is 0.243 e. The molecule has 1 aromatic carbocycles. The number of nitrogens with zero attached hydrogens (tertiary/aromatic N) is 1. The fourth-order valence-corrected chi connectivity index (χ4v) is 4.84. The Labute approximate surface area is 125 Å². The Bertz CT molecular complexity index is 630. The van der Waals surface area contributed by atoms with Crippen LogP contribution >= 0.6 is 0 Å². The zero-order chi connectivity index (χ0) is 15.8. The van der Waals surface area contributed by atoms with Crippen molar-refractivity contribution in [3.8, 4) is 0 Å². The topological polar surface area (TPSA) is 57.6 Å². The average Bonchev–Trinajstić information content (AvgIpc) is 2.43. The van der Waals surface area contributed by atoms with E-state index in [1.54, 1.807) is 0 Å². The van der Waals surface area contributed by atoms with Crippen molar-refractivity contribution in [1.29, 1.82) is 0 Å². The number of benzene rings is 1. The van der Waals surface area contributed by atoms with E-state index in [1.165, 1.54) is 23.4 Å². The summed E-state index contributed by atoms with van der Waals surface area (Å²) in [6, 6.07) is 2.46. The average molecular weight is 315 g/mol. The molecule has 0 aliphatic carbocycles. The van der Waals surface area contributed by atoms with Crippen LogP contribution in [-0.2, 0) is 16.6 Å². The molecule has 0 aromatic heterocycles. The van der Waals surface area contributed by atoms with Gasteiger partial charge in [0.1, 0.15) is 5.82 Å². The highest BCUT2D eigenvalue weighted by molar-refractivity contribution is 7.89. The van der Waals surface area contributed by atoms with Crippen LogP contribution in [0.5, 0.6) is 0 Å². The van der Waals surface area contributed by atoms with Crippen LogP contribution in [0.4, 0.5) is 4.39 Å². The molecule has 1 aliphatic rings. The molecule has 0 radical (unpaired) electrons. The van der Waals surface area contributed by atoms with E-state index in [-0.39, 0.29) is 28.7 Å². The lowest BCUT2D eigenvalue weighted by Crippen LogP contribution is -2.45. The van der Waals surface area contributed by atoms with Gasteiger partial charge in [-0.15, -0.1) is 0 Å². The second kappa shape index (κ2) is 6.02. The molecule has 1 heterocycles. The Morgan fingerprint density at radius 1 is 1.33 bits per heavy atom. The highest BCUT2D eigenvalue weighted by Gasteiger charge is 2.35. The fraction of sp³-hybridized carbons (Fsp3) is 0.600. The summed E-state index contributed by atoms with van der Waals surface area (Å²) in [7, 11) is -3.75. The first-order valence-corrected chi connectivity index (χ1v) is 8.63. The van der Waals surface area contributed by atoms with Gasteiger partial charge in [-0.05, 0) is 50.3 Å². The molecule has 2 unspecified atom stereocenters. The predicted molar refractivity (Wildman–Crippen MR) is 78.8 cm³/mol. The molecule has 1 aromatic rings. The van der Waals surface area contributed by atoms with Gasteiger partial charge in [-0.25, -0.2) is 12.8 Å². The van der Waals surface area contributed by atoms with Crippen molar-refractivity contribution in [3.63, 3.8) is 0 Å². The Kier molecular flexibility index (Phi) is 4.70. The first-order valence-electron chi connectivity index (χ1n) is 7.19. The van der Waals surface area contributed by atoms with Crippen molar-refractivity contribution in [1.82, 2.24) is 4.31 Å². The molecule has 118 valence electrons. The number of aliphatic hydroxyl groups excluding tert-OH is 1. The minimum atomic E-state index is -3.75. The van der Waals surface area contributed by atoms with Crippen molar-refractivity contribution in [2.75, 3.05) is 6.54 Å². The molecule has 2 atom stereocenters. The van der Waals surface area contributed by atoms with Gasteiger partial charge in [0.05, 0.1) is 11.5 Å². The van der Waals surface area contributed by atoms with E-state index >= 15 is 0 Å². The van der Waals surface area contributed by atoms with Gasteiger partial charge in [0.2, 0.25) is 10.0 Å². The molecule has 0 spiro atoms. The SMILES string of the molecule is Cc1c(F)cc(CO)cc1S(=O)(=O)N1CC(C)CCC1C. The molecule has 0 saturated carbocycles. The van der Waals surface area contributed by atoms with Crippen LogP contribution < -0.4 is 0 Å². The van der Waals surface area contributed by atoms with E-state index in [0.717, 1.165) is 12.8 Å². The smallest absolute Gasteiger partial charge is 0.243 e. The van der Waals surface area contributed by atoms with Crippen LogP contribution in [0.15, 0.2) is 17.0 Å². The first-order chi connectivity index (χ1) is 9.77. The monoisotopic (exact) mass is 315 g/mol. The lowest BCUT2D eigenvalue weighted by Gasteiger charge is -2.36. The third-order valence-electron chi connectivity index (χ3n) is 4.19. The Balaban J connectivity index is 2.51. The standard InChI is InChI=1S/C15H22FNO3S/c1-10-4-5-11(2)17(8-10)21(19,20)15-7-13(9-18)6-14(16)12(15)3/h6-7,10-11,18H,4-5,8-9H2,1-3H3. The summed E-state index contributed by atoms with van der Waals surface area (Å²) >= 11 is 0. The summed E-state index contributed by atoms with van der Waals surface area (Å²) in [5.74, 6) is -0.306. The Morgan fingerprint density at radius 2 is 2.00 bits per heavy atom. The third-order valence-corrected chi connectivity index (χ3v) is 6.29. The quantitative estimate of drug-likeness (QED) is 0.932. The van der Waals surface area contributed by atoms with Gasteiger partial charge in [0.15, 0.2) is 0 Å². The molecule has 21 heavy (non-hydrogen) atoms. The van der Waals surface area contributed by atoms with Crippen LogP contribution in [0.3, 0.4) is 0 Å². The molecular formula is C15H22FNO3S. The summed E-state index contributed by atoms with van der Waals surface area (Å²) in [5.41, 5.74) is 0.381. The van der Waals surface area contributed by atoms with Gasteiger partial charge in [-0.1, -0.05) is 6.92 Å². The molecule has 0 amide bonds. The van der Waals surface area contributed by atoms with Crippen LogP contribution in [-0.4, -0.2) is 30.4 Å². The van der Waals surface area contributed by atoms with Crippen LogP contribution in [0, 0.1) is 18.7 Å². The zero-order valence-electron chi connectivity index (χ0n) is 12.6. The van der Waals surface area contributed by atoms with Gasteiger partial charge < -0.3 is 5.11 Å². The van der Waals surface area contributed by atoms with Crippen molar-refractivity contribution in [3.05, 3.63) is 29.1 Å².